The molecule has 9 heteroatoms. The number of hydrogen-bond donors (Lipinski definition) is 2. The van der Waals surface area contributed by atoms with E-state index in [9.17, 15) is 9.90 Å². The summed E-state index contributed by atoms with van der Waals surface area (Å²) >= 11 is 4.57. The SMILES string of the molecule is COc1cc(C=NNC(=O)CSc2[nH]c3ccccc3[n+]2C)cc(Br)c1[O-]. The second kappa shape index (κ2) is 8.45. The molecule has 140 valence electrons. The zero-order valence-electron chi connectivity index (χ0n) is 14.7. The lowest BCUT2D eigenvalue weighted by atomic mass is 10.2. The smallest absolute Gasteiger partial charge is 0.317 e. The first-order chi connectivity index (χ1) is 13.0. The molecule has 2 aromatic carbocycles. The van der Waals surface area contributed by atoms with Gasteiger partial charge >= 0.3 is 5.16 Å². The van der Waals surface area contributed by atoms with Gasteiger partial charge in [-0.25, -0.2) is 15.0 Å². The molecule has 3 rings (SSSR count). The summed E-state index contributed by atoms with van der Waals surface area (Å²) in [6.45, 7) is 0. The highest BCUT2D eigenvalue weighted by molar-refractivity contribution is 9.10. The van der Waals surface area contributed by atoms with Crippen LogP contribution in [0.25, 0.3) is 11.0 Å². The molecule has 27 heavy (non-hydrogen) atoms. The number of hydrazone groups is 1. The van der Waals surface area contributed by atoms with Gasteiger partial charge in [-0.2, -0.15) is 5.10 Å². The van der Waals surface area contributed by atoms with Crippen molar-refractivity contribution < 1.29 is 19.2 Å². The fraction of sp³-hybridized carbons (Fsp3) is 0.167. The van der Waals surface area contributed by atoms with Gasteiger partial charge in [0, 0.05) is 4.47 Å². The highest BCUT2D eigenvalue weighted by atomic mass is 79.9. The van der Waals surface area contributed by atoms with Gasteiger partial charge in [0.2, 0.25) is 0 Å². The Balaban J connectivity index is 1.59. The van der Waals surface area contributed by atoms with Gasteiger partial charge in [-0.15, -0.1) is 0 Å². The van der Waals surface area contributed by atoms with E-state index in [4.69, 9.17) is 4.74 Å². The minimum absolute atomic E-state index is 0.207. The first-order valence-electron chi connectivity index (χ1n) is 7.95. The Kier molecular flexibility index (Phi) is 6.02. The van der Waals surface area contributed by atoms with E-state index in [-0.39, 0.29) is 23.2 Å². The van der Waals surface area contributed by atoms with Gasteiger partial charge in [0.25, 0.3) is 5.91 Å². The van der Waals surface area contributed by atoms with Crippen molar-refractivity contribution in [1.82, 2.24) is 10.4 Å². The number of nitrogens with one attached hydrogen (secondary N) is 2. The number of aryl methyl sites for hydroxylation is 1. The van der Waals surface area contributed by atoms with Crippen molar-refractivity contribution in [2.45, 2.75) is 5.16 Å². The fourth-order valence-corrected chi connectivity index (χ4v) is 3.74. The molecule has 0 aliphatic carbocycles. The van der Waals surface area contributed by atoms with Crippen LogP contribution in [0.2, 0.25) is 0 Å². The molecule has 0 aliphatic heterocycles. The predicted octanol–water partition coefficient (Wildman–Crippen LogP) is 2.08. The lowest BCUT2D eigenvalue weighted by Crippen LogP contribution is -2.30. The fourth-order valence-electron chi connectivity index (χ4n) is 2.47. The number of para-hydroxylation sites is 2. The second-order valence-corrected chi connectivity index (χ2v) is 7.44. The highest BCUT2D eigenvalue weighted by Crippen LogP contribution is 2.32. The van der Waals surface area contributed by atoms with E-state index < -0.39 is 0 Å². The monoisotopic (exact) mass is 448 g/mol. The number of carbonyl (C=O) groups is 1. The van der Waals surface area contributed by atoms with Gasteiger partial charge in [0.15, 0.2) is 11.0 Å². The van der Waals surface area contributed by atoms with Crippen LogP contribution < -0.4 is 19.8 Å². The lowest BCUT2D eigenvalue weighted by Gasteiger charge is -2.14. The van der Waals surface area contributed by atoms with Gasteiger partial charge in [0.05, 0.1) is 26.1 Å². The molecule has 1 heterocycles. The van der Waals surface area contributed by atoms with Gasteiger partial charge in [0.1, 0.15) is 5.75 Å². The molecule has 0 unspecified atom stereocenters. The van der Waals surface area contributed by atoms with Crippen molar-refractivity contribution in [2.24, 2.45) is 12.1 Å². The average Bonchev–Trinajstić information content (AvgIpc) is 2.99. The molecule has 0 bridgehead atoms. The van der Waals surface area contributed by atoms with Crippen molar-refractivity contribution in [3.63, 3.8) is 0 Å². The Morgan fingerprint density at radius 3 is 2.96 bits per heavy atom. The van der Waals surface area contributed by atoms with Gasteiger partial charge in [-0.05, 0) is 41.6 Å². The molecule has 0 aliphatic rings. The third-order valence-electron chi connectivity index (χ3n) is 3.81. The van der Waals surface area contributed by atoms with Gasteiger partial charge in [-0.3, -0.25) is 4.79 Å². The molecular formula is C18H17BrN4O3S. The van der Waals surface area contributed by atoms with Crippen LogP contribution in [0.1, 0.15) is 5.56 Å². The summed E-state index contributed by atoms with van der Waals surface area (Å²) in [5.74, 6) is -0.0495. The van der Waals surface area contributed by atoms with E-state index in [0.29, 0.717) is 10.0 Å². The number of thioether (sulfide) groups is 1. The maximum Gasteiger partial charge on any atom is 0.317 e. The molecule has 7 nitrogen and oxygen atoms in total. The summed E-state index contributed by atoms with van der Waals surface area (Å²) in [4.78, 5) is 15.3. The number of H-pyrrole nitrogens is 1. The largest absolute Gasteiger partial charge is 0.869 e. The number of amides is 1. The molecule has 0 spiro atoms. The number of aromatic nitrogens is 2. The number of nitrogens with zero attached hydrogens (tertiary/aromatic N) is 2. The maximum absolute atomic E-state index is 12.0. The van der Waals surface area contributed by atoms with Crippen LogP contribution >= 0.6 is 27.7 Å². The third kappa shape index (κ3) is 4.42. The molecule has 0 saturated heterocycles. The third-order valence-corrected chi connectivity index (χ3v) is 5.45. The van der Waals surface area contributed by atoms with Crippen LogP contribution in [-0.4, -0.2) is 30.0 Å². The predicted molar refractivity (Wildman–Crippen MR) is 106 cm³/mol. The number of hydrogen-bond acceptors (Lipinski definition) is 5. The second-order valence-electron chi connectivity index (χ2n) is 5.62. The summed E-state index contributed by atoms with van der Waals surface area (Å²) in [5.41, 5.74) is 5.20. The molecule has 3 aromatic rings. The molecule has 1 amide bonds. The molecule has 0 saturated carbocycles. The zero-order valence-corrected chi connectivity index (χ0v) is 17.1. The summed E-state index contributed by atoms with van der Waals surface area (Å²) in [6.07, 6.45) is 1.46. The number of ether oxygens (including phenoxy) is 1. The number of carbonyl (C=O) groups excluding carboxylic acids is 1. The van der Waals surface area contributed by atoms with E-state index in [0.717, 1.165) is 16.2 Å². The van der Waals surface area contributed by atoms with Gasteiger partial charge in [-0.1, -0.05) is 33.8 Å². The van der Waals surface area contributed by atoms with Crippen LogP contribution in [0.15, 0.2) is 51.1 Å². The standard InChI is InChI=1S/C18H17BrN4O3S/c1-23-14-6-4-3-5-13(14)21-18(23)27-10-16(24)22-20-9-11-7-12(19)17(25)15(8-11)26-2/h3-9H,10H2,1-2H3,(H2,20,22,24,25). The Labute approximate surface area is 168 Å². The van der Waals surface area contributed by atoms with E-state index in [1.165, 1.54) is 25.1 Å². The average molecular weight is 449 g/mol. The Morgan fingerprint density at radius 1 is 1.44 bits per heavy atom. The van der Waals surface area contributed by atoms with E-state index in [1.54, 1.807) is 12.1 Å². The first-order valence-corrected chi connectivity index (χ1v) is 9.73. The summed E-state index contributed by atoms with van der Waals surface area (Å²) < 4.78 is 7.39. The minimum Gasteiger partial charge on any atom is -0.869 e. The normalized spacial score (nSPS) is 11.2. The topological polar surface area (TPSA) is 93.4 Å². The van der Waals surface area contributed by atoms with Crippen molar-refractivity contribution in [3.05, 3.63) is 46.4 Å². The van der Waals surface area contributed by atoms with Crippen LogP contribution in [0.4, 0.5) is 0 Å². The number of fused-ring (bicyclic) bond motifs is 1. The van der Waals surface area contributed by atoms with Crippen molar-refractivity contribution in [2.75, 3.05) is 12.9 Å². The lowest BCUT2D eigenvalue weighted by molar-refractivity contribution is -0.683. The number of halogens is 1. The molecule has 0 fully saturated rings. The summed E-state index contributed by atoms with van der Waals surface area (Å²) in [5, 5.41) is 16.6. The van der Waals surface area contributed by atoms with E-state index in [1.807, 2.05) is 35.9 Å². The quantitative estimate of drug-likeness (QED) is 0.261. The van der Waals surface area contributed by atoms with Crippen molar-refractivity contribution in [1.29, 1.82) is 0 Å². The Bertz CT molecular complexity index is 1020. The zero-order chi connectivity index (χ0) is 19.4. The Hall–Kier alpha value is -2.52. The van der Waals surface area contributed by atoms with Crippen molar-refractivity contribution in [3.8, 4) is 11.5 Å². The van der Waals surface area contributed by atoms with Crippen LogP contribution in [0, 0.1) is 0 Å². The molecule has 0 atom stereocenters. The summed E-state index contributed by atoms with van der Waals surface area (Å²) in [7, 11) is 3.37. The Morgan fingerprint density at radius 2 is 2.22 bits per heavy atom. The molecular weight excluding hydrogens is 432 g/mol. The summed E-state index contributed by atoms with van der Waals surface area (Å²) in [6, 6.07) is 11.1. The van der Waals surface area contributed by atoms with E-state index >= 15 is 0 Å². The van der Waals surface area contributed by atoms with E-state index in [2.05, 4.69) is 31.4 Å². The number of benzene rings is 2. The molecule has 0 radical (unpaired) electrons. The number of rotatable bonds is 6. The maximum atomic E-state index is 12.0. The highest BCUT2D eigenvalue weighted by Gasteiger charge is 2.16. The van der Waals surface area contributed by atoms with Crippen LogP contribution in [-0.2, 0) is 11.8 Å². The number of methoxy groups -OCH3 is 1. The number of imidazole rings is 1. The van der Waals surface area contributed by atoms with Crippen LogP contribution in [0.3, 0.4) is 0 Å². The minimum atomic E-state index is -0.235. The molecule has 2 N–H and O–H groups in total. The van der Waals surface area contributed by atoms with Gasteiger partial charge < -0.3 is 9.84 Å². The molecule has 1 aromatic heterocycles. The first kappa shape index (κ1) is 19.2. The van der Waals surface area contributed by atoms with Crippen molar-refractivity contribution >= 4 is 50.8 Å². The van der Waals surface area contributed by atoms with Crippen LogP contribution in [0.5, 0.6) is 11.5 Å². The number of aromatic amines is 1.